The molecule has 2 fully saturated rings. The van der Waals surface area contributed by atoms with Crippen LogP contribution in [0.2, 0.25) is 0 Å². The Bertz CT molecular complexity index is 697. The molecule has 2 aliphatic heterocycles. The van der Waals surface area contributed by atoms with Crippen LogP contribution in [0.4, 0.5) is 0 Å². The number of hydrogen-bond acceptors (Lipinski definition) is 4. The Labute approximate surface area is 150 Å². The SMILES string of the molecule is NCC1CCN(C(=O)CCc2ccc(S(=O)(=O)N3CCCC3)cc2)C1. The summed E-state index contributed by atoms with van der Waals surface area (Å²) in [6.07, 6.45) is 3.94. The average molecular weight is 365 g/mol. The number of sulfonamides is 1. The first-order valence-corrected chi connectivity index (χ1v) is 10.5. The van der Waals surface area contributed by atoms with E-state index in [1.165, 1.54) is 0 Å². The lowest BCUT2D eigenvalue weighted by Gasteiger charge is -2.17. The van der Waals surface area contributed by atoms with Crippen molar-refractivity contribution in [3.05, 3.63) is 29.8 Å². The molecule has 1 amide bonds. The minimum atomic E-state index is -3.36. The monoisotopic (exact) mass is 365 g/mol. The zero-order chi connectivity index (χ0) is 17.9. The summed E-state index contributed by atoms with van der Waals surface area (Å²) in [6, 6.07) is 6.97. The van der Waals surface area contributed by atoms with Gasteiger partial charge in [-0.05, 0) is 55.8 Å². The molecule has 1 aromatic carbocycles. The summed E-state index contributed by atoms with van der Waals surface area (Å²) in [6.45, 7) is 3.42. The number of nitrogens with two attached hydrogens (primary N) is 1. The summed E-state index contributed by atoms with van der Waals surface area (Å²) < 4.78 is 26.5. The van der Waals surface area contributed by atoms with Gasteiger partial charge in [0, 0.05) is 32.6 Å². The third-order valence-electron chi connectivity index (χ3n) is 5.23. The smallest absolute Gasteiger partial charge is 0.243 e. The number of hydrogen-bond donors (Lipinski definition) is 1. The van der Waals surface area contributed by atoms with Gasteiger partial charge in [-0.2, -0.15) is 4.31 Å². The molecule has 0 bridgehead atoms. The Morgan fingerprint density at radius 3 is 2.40 bits per heavy atom. The summed E-state index contributed by atoms with van der Waals surface area (Å²) in [5, 5.41) is 0. The molecule has 138 valence electrons. The fourth-order valence-electron chi connectivity index (χ4n) is 3.57. The minimum Gasteiger partial charge on any atom is -0.342 e. The Morgan fingerprint density at radius 2 is 1.80 bits per heavy atom. The van der Waals surface area contributed by atoms with E-state index in [4.69, 9.17) is 5.73 Å². The van der Waals surface area contributed by atoms with Crippen LogP contribution in [0.1, 0.15) is 31.2 Å². The molecule has 7 heteroatoms. The predicted octanol–water partition coefficient (Wildman–Crippen LogP) is 1.21. The number of nitrogens with zero attached hydrogens (tertiary/aromatic N) is 2. The van der Waals surface area contributed by atoms with Crippen molar-refractivity contribution in [1.82, 2.24) is 9.21 Å². The molecule has 0 radical (unpaired) electrons. The van der Waals surface area contributed by atoms with E-state index < -0.39 is 10.0 Å². The average Bonchev–Trinajstić information content (AvgIpc) is 3.31. The molecular formula is C18H27N3O3S. The third kappa shape index (κ3) is 4.22. The number of carbonyl (C=O) groups is 1. The van der Waals surface area contributed by atoms with E-state index in [-0.39, 0.29) is 5.91 Å². The van der Waals surface area contributed by atoms with Crippen LogP contribution in [0, 0.1) is 5.92 Å². The van der Waals surface area contributed by atoms with Crippen molar-refractivity contribution in [1.29, 1.82) is 0 Å². The molecular weight excluding hydrogens is 338 g/mol. The second kappa shape index (κ2) is 7.85. The summed E-state index contributed by atoms with van der Waals surface area (Å²) in [5.41, 5.74) is 6.65. The Morgan fingerprint density at radius 1 is 1.12 bits per heavy atom. The van der Waals surface area contributed by atoms with Crippen molar-refractivity contribution in [2.75, 3.05) is 32.7 Å². The first kappa shape index (κ1) is 18.4. The summed E-state index contributed by atoms with van der Waals surface area (Å²) in [7, 11) is -3.36. The van der Waals surface area contributed by atoms with Crippen molar-refractivity contribution < 1.29 is 13.2 Å². The van der Waals surface area contributed by atoms with Crippen LogP contribution in [0.25, 0.3) is 0 Å². The van der Waals surface area contributed by atoms with Crippen molar-refractivity contribution in [3.8, 4) is 0 Å². The second-order valence-electron chi connectivity index (χ2n) is 6.99. The lowest BCUT2D eigenvalue weighted by atomic mass is 10.1. The normalized spacial score (nSPS) is 21.8. The van der Waals surface area contributed by atoms with Gasteiger partial charge in [0.05, 0.1) is 4.90 Å². The lowest BCUT2D eigenvalue weighted by Crippen LogP contribution is -2.30. The van der Waals surface area contributed by atoms with Gasteiger partial charge in [0.2, 0.25) is 15.9 Å². The Kier molecular flexibility index (Phi) is 5.76. The maximum atomic E-state index is 12.5. The van der Waals surface area contributed by atoms with E-state index in [9.17, 15) is 13.2 Å². The van der Waals surface area contributed by atoms with E-state index in [1.54, 1.807) is 16.4 Å². The molecule has 6 nitrogen and oxygen atoms in total. The summed E-state index contributed by atoms with van der Waals surface area (Å²) >= 11 is 0. The zero-order valence-electron chi connectivity index (χ0n) is 14.6. The fraction of sp³-hybridized carbons (Fsp3) is 0.611. The zero-order valence-corrected chi connectivity index (χ0v) is 15.4. The maximum Gasteiger partial charge on any atom is 0.243 e. The standard InChI is InChI=1S/C18H27N3O3S/c19-13-16-9-12-20(14-16)18(22)8-5-15-3-6-17(7-4-15)25(23,24)21-10-1-2-11-21/h3-4,6-7,16H,1-2,5,8-14,19H2. The quantitative estimate of drug-likeness (QED) is 0.821. The topological polar surface area (TPSA) is 83.7 Å². The third-order valence-corrected chi connectivity index (χ3v) is 7.14. The number of carbonyl (C=O) groups excluding carboxylic acids is 1. The molecule has 2 N–H and O–H groups in total. The minimum absolute atomic E-state index is 0.157. The number of rotatable bonds is 6. The van der Waals surface area contributed by atoms with Gasteiger partial charge < -0.3 is 10.6 Å². The number of benzene rings is 1. The van der Waals surface area contributed by atoms with Crippen LogP contribution < -0.4 is 5.73 Å². The number of amides is 1. The highest BCUT2D eigenvalue weighted by Crippen LogP contribution is 2.22. The van der Waals surface area contributed by atoms with E-state index >= 15 is 0 Å². The van der Waals surface area contributed by atoms with Gasteiger partial charge in [0.1, 0.15) is 0 Å². The highest BCUT2D eigenvalue weighted by Gasteiger charge is 2.27. The van der Waals surface area contributed by atoms with Crippen molar-refractivity contribution in [2.24, 2.45) is 11.7 Å². The largest absolute Gasteiger partial charge is 0.342 e. The van der Waals surface area contributed by atoms with Crippen LogP contribution in [-0.2, 0) is 21.2 Å². The Hall–Kier alpha value is -1.44. The molecule has 25 heavy (non-hydrogen) atoms. The lowest BCUT2D eigenvalue weighted by molar-refractivity contribution is -0.130. The van der Waals surface area contributed by atoms with Gasteiger partial charge in [-0.25, -0.2) is 8.42 Å². The van der Waals surface area contributed by atoms with Gasteiger partial charge in [0.15, 0.2) is 0 Å². The van der Waals surface area contributed by atoms with Gasteiger partial charge in [-0.15, -0.1) is 0 Å². The van der Waals surface area contributed by atoms with Crippen molar-refractivity contribution >= 4 is 15.9 Å². The van der Waals surface area contributed by atoms with Crippen LogP contribution in [-0.4, -0.2) is 56.3 Å². The van der Waals surface area contributed by atoms with Crippen LogP contribution in [0.3, 0.4) is 0 Å². The highest BCUT2D eigenvalue weighted by atomic mass is 32.2. The molecule has 0 saturated carbocycles. The number of aryl methyl sites for hydroxylation is 1. The first-order chi connectivity index (χ1) is 12.0. The van der Waals surface area contributed by atoms with Crippen molar-refractivity contribution in [3.63, 3.8) is 0 Å². The van der Waals surface area contributed by atoms with Crippen LogP contribution >= 0.6 is 0 Å². The molecule has 2 heterocycles. The van der Waals surface area contributed by atoms with E-state index in [2.05, 4.69) is 0 Å². The van der Waals surface area contributed by atoms with Gasteiger partial charge >= 0.3 is 0 Å². The Balaban J connectivity index is 1.55. The molecule has 2 aliphatic rings. The molecule has 2 saturated heterocycles. The van der Waals surface area contributed by atoms with E-state index in [1.807, 2.05) is 17.0 Å². The fourth-order valence-corrected chi connectivity index (χ4v) is 5.08. The van der Waals surface area contributed by atoms with Gasteiger partial charge in [-0.3, -0.25) is 4.79 Å². The predicted molar refractivity (Wildman–Crippen MR) is 96.5 cm³/mol. The van der Waals surface area contributed by atoms with Crippen LogP contribution in [0.5, 0.6) is 0 Å². The van der Waals surface area contributed by atoms with Crippen molar-refractivity contribution in [2.45, 2.75) is 37.0 Å². The summed E-state index contributed by atoms with van der Waals surface area (Å²) in [5.74, 6) is 0.587. The molecule has 0 aromatic heterocycles. The molecule has 1 atom stereocenters. The van der Waals surface area contributed by atoms with E-state index in [0.717, 1.165) is 37.9 Å². The molecule has 0 aliphatic carbocycles. The molecule has 1 aromatic rings. The highest BCUT2D eigenvalue weighted by molar-refractivity contribution is 7.89. The van der Waals surface area contributed by atoms with Gasteiger partial charge in [-0.1, -0.05) is 12.1 Å². The first-order valence-electron chi connectivity index (χ1n) is 9.07. The maximum absolute atomic E-state index is 12.5. The molecule has 3 rings (SSSR count). The molecule has 1 unspecified atom stereocenters. The summed E-state index contributed by atoms with van der Waals surface area (Å²) in [4.78, 5) is 14.5. The molecule has 0 spiro atoms. The van der Waals surface area contributed by atoms with Gasteiger partial charge in [0.25, 0.3) is 0 Å². The van der Waals surface area contributed by atoms with Crippen LogP contribution in [0.15, 0.2) is 29.2 Å². The number of likely N-dealkylation sites (tertiary alicyclic amines) is 1. The second-order valence-corrected chi connectivity index (χ2v) is 8.92. The van der Waals surface area contributed by atoms with E-state index in [0.29, 0.717) is 43.3 Å².